The van der Waals surface area contributed by atoms with E-state index in [9.17, 15) is 10.1 Å². The first-order valence-electron chi connectivity index (χ1n) is 9.25. The fourth-order valence-corrected chi connectivity index (χ4v) is 2.96. The number of hydrogen-bond acceptors (Lipinski definition) is 9. The van der Waals surface area contributed by atoms with Crippen molar-refractivity contribution in [3.05, 3.63) is 64.2 Å². The molecule has 0 atom stereocenters. The van der Waals surface area contributed by atoms with Gasteiger partial charge in [0.05, 0.1) is 4.92 Å². The predicted molar refractivity (Wildman–Crippen MR) is 111 cm³/mol. The van der Waals surface area contributed by atoms with Crippen molar-refractivity contribution in [2.45, 2.75) is 13.8 Å². The number of aryl methyl sites for hydroxylation is 2. The first kappa shape index (κ1) is 19.2. The van der Waals surface area contributed by atoms with Gasteiger partial charge in [0.1, 0.15) is 18.0 Å². The van der Waals surface area contributed by atoms with Crippen molar-refractivity contribution in [1.82, 2.24) is 29.5 Å². The summed E-state index contributed by atoms with van der Waals surface area (Å²) in [5, 5.41) is 21.6. The molecule has 2 N–H and O–H groups in total. The summed E-state index contributed by atoms with van der Waals surface area (Å²) in [6.07, 6.45) is 1.47. The van der Waals surface area contributed by atoms with Crippen molar-refractivity contribution in [2.75, 3.05) is 23.7 Å². The number of nitro groups is 1. The Morgan fingerprint density at radius 3 is 2.50 bits per heavy atom. The minimum atomic E-state index is -0.432. The summed E-state index contributed by atoms with van der Waals surface area (Å²) < 4.78 is 1.65. The van der Waals surface area contributed by atoms with Gasteiger partial charge in [0.25, 0.3) is 11.5 Å². The van der Waals surface area contributed by atoms with Crippen LogP contribution in [0.3, 0.4) is 0 Å². The van der Waals surface area contributed by atoms with Crippen LogP contribution in [0.2, 0.25) is 0 Å². The summed E-state index contributed by atoms with van der Waals surface area (Å²) in [7, 11) is 0. The molecule has 0 aliphatic carbocycles. The number of hydrogen-bond donors (Lipinski definition) is 2. The van der Waals surface area contributed by atoms with E-state index in [1.54, 1.807) is 16.6 Å². The number of aromatic nitrogens is 6. The van der Waals surface area contributed by atoms with Crippen molar-refractivity contribution in [1.29, 1.82) is 0 Å². The van der Waals surface area contributed by atoms with Gasteiger partial charge in [-0.3, -0.25) is 10.1 Å². The number of fused-ring (bicyclic) bond motifs is 1. The second-order valence-corrected chi connectivity index (χ2v) is 6.63. The zero-order chi connectivity index (χ0) is 21.1. The maximum Gasteiger partial charge on any atom is 0.269 e. The van der Waals surface area contributed by atoms with Crippen LogP contribution in [-0.4, -0.2) is 47.6 Å². The van der Waals surface area contributed by atoms with Crippen LogP contribution in [0.25, 0.3) is 17.2 Å². The van der Waals surface area contributed by atoms with Gasteiger partial charge in [-0.25, -0.2) is 15.0 Å². The van der Waals surface area contributed by atoms with Crippen LogP contribution in [0.1, 0.15) is 11.4 Å². The zero-order valence-corrected chi connectivity index (χ0v) is 16.4. The highest BCUT2D eigenvalue weighted by Gasteiger charge is 2.09. The molecule has 4 rings (SSSR count). The van der Waals surface area contributed by atoms with Gasteiger partial charge >= 0.3 is 0 Å². The molecule has 0 aliphatic rings. The monoisotopic (exact) mass is 405 g/mol. The van der Waals surface area contributed by atoms with E-state index in [1.165, 1.54) is 18.5 Å². The fraction of sp³-hybridized carbons (Fsp3) is 0.211. The molecule has 0 radical (unpaired) electrons. The Kier molecular flexibility index (Phi) is 5.16. The molecule has 0 amide bonds. The normalized spacial score (nSPS) is 10.9. The molecule has 30 heavy (non-hydrogen) atoms. The first-order chi connectivity index (χ1) is 14.5. The highest BCUT2D eigenvalue weighted by atomic mass is 16.6. The maximum absolute atomic E-state index is 10.8. The molecule has 0 saturated carbocycles. The molecule has 4 aromatic rings. The molecular weight excluding hydrogens is 386 g/mol. The molecule has 3 heterocycles. The minimum absolute atomic E-state index is 0.0312. The van der Waals surface area contributed by atoms with Crippen molar-refractivity contribution >= 4 is 23.1 Å². The molecule has 11 nitrogen and oxygen atoms in total. The third-order valence-corrected chi connectivity index (χ3v) is 4.31. The van der Waals surface area contributed by atoms with Crippen LogP contribution in [-0.2, 0) is 0 Å². The molecule has 1 aromatic carbocycles. The van der Waals surface area contributed by atoms with Crippen molar-refractivity contribution in [3.8, 4) is 11.4 Å². The van der Waals surface area contributed by atoms with Gasteiger partial charge in [-0.1, -0.05) is 0 Å². The topological polar surface area (TPSA) is 136 Å². The average Bonchev–Trinajstić information content (AvgIpc) is 3.19. The summed E-state index contributed by atoms with van der Waals surface area (Å²) in [4.78, 5) is 27.8. The highest BCUT2D eigenvalue weighted by Crippen LogP contribution is 2.21. The van der Waals surface area contributed by atoms with Gasteiger partial charge in [0.15, 0.2) is 5.82 Å². The number of non-ortho nitro benzene ring substituents is 1. The third-order valence-electron chi connectivity index (χ3n) is 4.31. The molecule has 0 bridgehead atoms. The Bertz CT molecular complexity index is 1200. The van der Waals surface area contributed by atoms with Gasteiger partial charge in [-0.2, -0.15) is 14.6 Å². The molecule has 152 valence electrons. The molecule has 11 heteroatoms. The Balaban J connectivity index is 1.42. The van der Waals surface area contributed by atoms with E-state index in [4.69, 9.17) is 0 Å². The lowest BCUT2D eigenvalue weighted by Crippen LogP contribution is -2.17. The van der Waals surface area contributed by atoms with Gasteiger partial charge in [-0.05, 0) is 26.0 Å². The number of nitrogens with zero attached hydrogens (tertiary/aromatic N) is 7. The SMILES string of the molecule is Cc1cc(NCCNc2cc(C)nc3ncnn23)nc(-c2ccc([N+](=O)[O-])cc2)n1. The van der Waals surface area contributed by atoms with E-state index in [2.05, 4.69) is 35.7 Å². The lowest BCUT2D eigenvalue weighted by atomic mass is 10.2. The summed E-state index contributed by atoms with van der Waals surface area (Å²) >= 11 is 0. The maximum atomic E-state index is 10.8. The summed E-state index contributed by atoms with van der Waals surface area (Å²) in [5.41, 5.74) is 2.39. The van der Waals surface area contributed by atoms with Crippen LogP contribution >= 0.6 is 0 Å². The number of anilines is 2. The Labute approximate surface area is 171 Å². The van der Waals surface area contributed by atoms with Crippen LogP contribution < -0.4 is 10.6 Å². The zero-order valence-electron chi connectivity index (χ0n) is 16.4. The smallest absolute Gasteiger partial charge is 0.269 e. The lowest BCUT2D eigenvalue weighted by Gasteiger charge is -2.11. The van der Waals surface area contributed by atoms with Gasteiger partial charge in [0.2, 0.25) is 0 Å². The Hall–Kier alpha value is -4.15. The van der Waals surface area contributed by atoms with Crippen LogP contribution in [0, 0.1) is 24.0 Å². The number of nitrogens with one attached hydrogen (secondary N) is 2. The van der Waals surface area contributed by atoms with E-state index in [0.717, 1.165) is 17.2 Å². The summed E-state index contributed by atoms with van der Waals surface area (Å²) in [5.74, 6) is 2.54. The Morgan fingerprint density at radius 1 is 1.00 bits per heavy atom. The third kappa shape index (κ3) is 4.14. The molecule has 0 aliphatic heterocycles. The fourth-order valence-electron chi connectivity index (χ4n) is 2.96. The lowest BCUT2D eigenvalue weighted by molar-refractivity contribution is -0.384. The quantitative estimate of drug-likeness (QED) is 0.270. The van der Waals surface area contributed by atoms with Gasteiger partial charge in [0, 0.05) is 54.3 Å². The number of rotatable bonds is 7. The number of nitro benzene ring substituents is 1. The predicted octanol–water partition coefficient (Wildman–Crippen LogP) is 2.63. The second-order valence-electron chi connectivity index (χ2n) is 6.63. The summed E-state index contributed by atoms with van der Waals surface area (Å²) in [6, 6.07) is 9.93. The van der Waals surface area contributed by atoms with E-state index < -0.39 is 4.92 Å². The molecule has 0 unspecified atom stereocenters. The van der Waals surface area contributed by atoms with Crippen molar-refractivity contribution in [2.24, 2.45) is 0 Å². The molecule has 0 spiro atoms. The highest BCUT2D eigenvalue weighted by molar-refractivity contribution is 5.59. The van der Waals surface area contributed by atoms with E-state index in [0.29, 0.717) is 36.1 Å². The van der Waals surface area contributed by atoms with Gasteiger partial charge in [-0.15, -0.1) is 0 Å². The minimum Gasteiger partial charge on any atom is -0.368 e. The molecular formula is C19H19N9O2. The number of benzene rings is 1. The largest absolute Gasteiger partial charge is 0.368 e. The standard InChI is InChI=1S/C19H19N9O2/c1-12-9-16(26-18(24-12)14-3-5-15(6-4-14)28(29)30)20-7-8-21-17-10-13(2)25-19-22-11-23-27(17)19/h3-6,9-11,21H,7-8H2,1-2H3,(H,20,24,26). The average molecular weight is 405 g/mol. The summed E-state index contributed by atoms with van der Waals surface area (Å²) in [6.45, 7) is 5.00. The molecule has 3 aromatic heterocycles. The van der Waals surface area contributed by atoms with Crippen LogP contribution in [0.15, 0.2) is 42.7 Å². The van der Waals surface area contributed by atoms with Crippen LogP contribution in [0.4, 0.5) is 17.3 Å². The van der Waals surface area contributed by atoms with Gasteiger partial charge < -0.3 is 10.6 Å². The Morgan fingerprint density at radius 2 is 1.73 bits per heavy atom. The first-order valence-corrected chi connectivity index (χ1v) is 9.25. The van der Waals surface area contributed by atoms with E-state index in [-0.39, 0.29) is 5.69 Å². The van der Waals surface area contributed by atoms with Crippen LogP contribution in [0.5, 0.6) is 0 Å². The second kappa shape index (κ2) is 8.07. The molecule has 0 fully saturated rings. The van der Waals surface area contributed by atoms with E-state index >= 15 is 0 Å². The van der Waals surface area contributed by atoms with Crippen molar-refractivity contribution < 1.29 is 4.92 Å². The van der Waals surface area contributed by atoms with Crippen molar-refractivity contribution in [3.63, 3.8) is 0 Å². The molecule has 0 saturated heterocycles. The van der Waals surface area contributed by atoms with E-state index in [1.807, 2.05) is 26.0 Å².